The van der Waals surface area contributed by atoms with Crippen LogP contribution in [0.1, 0.15) is 35.7 Å². The Kier molecular flexibility index (Phi) is 5.04. The maximum atomic E-state index is 14.3. The Morgan fingerprint density at radius 1 is 1.20 bits per heavy atom. The van der Waals surface area contributed by atoms with Crippen molar-refractivity contribution in [3.8, 4) is 0 Å². The monoisotopic (exact) mass is 342 g/mol. The lowest BCUT2D eigenvalue weighted by Crippen LogP contribution is -2.38. The largest absolute Gasteiger partial charge is 0.384 e. The van der Waals surface area contributed by atoms with Crippen LogP contribution in [-0.2, 0) is 5.60 Å². The molecule has 0 spiro atoms. The summed E-state index contributed by atoms with van der Waals surface area (Å²) in [6.45, 7) is 3.38. The first-order valence-electron chi connectivity index (χ1n) is 8.58. The second kappa shape index (κ2) is 7.23. The van der Waals surface area contributed by atoms with Gasteiger partial charge in [0.2, 0.25) is 0 Å². The van der Waals surface area contributed by atoms with E-state index >= 15 is 0 Å². The van der Waals surface area contributed by atoms with Crippen LogP contribution in [0.4, 0.5) is 10.1 Å². The van der Waals surface area contributed by atoms with Gasteiger partial charge in [0.1, 0.15) is 11.4 Å². The van der Waals surface area contributed by atoms with Gasteiger partial charge in [0.05, 0.1) is 12.2 Å². The van der Waals surface area contributed by atoms with Gasteiger partial charge in [-0.15, -0.1) is 0 Å². The quantitative estimate of drug-likeness (QED) is 0.878. The zero-order chi connectivity index (χ0) is 17.9. The molecule has 1 saturated heterocycles. The second-order valence-electron chi connectivity index (χ2n) is 6.68. The van der Waals surface area contributed by atoms with Crippen molar-refractivity contribution in [1.82, 2.24) is 5.32 Å². The lowest BCUT2D eigenvalue weighted by atomic mass is 9.96. The molecule has 25 heavy (non-hydrogen) atoms. The summed E-state index contributed by atoms with van der Waals surface area (Å²) in [6, 6.07) is 13.7. The van der Waals surface area contributed by atoms with E-state index in [0.717, 1.165) is 25.9 Å². The molecule has 1 heterocycles. The van der Waals surface area contributed by atoms with Gasteiger partial charge in [0.15, 0.2) is 0 Å². The Balaban J connectivity index is 1.66. The lowest BCUT2D eigenvalue weighted by molar-refractivity contribution is 0.0526. The van der Waals surface area contributed by atoms with Crippen LogP contribution in [-0.4, -0.2) is 30.6 Å². The minimum atomic E-state index is -1.19. The summed E-state index contributed by atoms with van der Waals surface area (Å²) in [4.78, 5) is 14.3. The van der Waals surface area contributed by atoms with Gasteiger partial charge < -0.3 is 15.3 Å². The van der Waals surface area contributed by atoms with E-state index < -0.39 is 11.5 Å². The van der Waals surface area contributed by atoms with Gasteiger partial charge in [-0.05, 0) is 43.5 Å². The van der Waals surface area contributed by atoms with Crippen LogP contribution >= 0.6 is 0 Å². The Hall–Kier alpha value is -2.40. The highest BCUT2D eigenvalue weighted by atomic mass is 19.1. The van der Waals surface area contributed by atoms with Gasteiger partial charge in [0, 0.05) is 18.7 Å². The molecule has 3 rings (SSSR count). The number of aliphatic hydroxyl groups is 1. The summed E-state index contributed by atoms with van der Waals surface area (Å²) in [5.74, 6) is -0.785. The molecule has 1 unspecified atom stereocenters. The van der Waals surface area contributed by atoms with Crippen molar-refractivity contribution >= 4 is 11.6 Å². The Bertz CT molecular complexity index is 741. The van der Waals surface area contributed by atoms with E-state index in [1.807, 2.05) is 23.1 Å². The third-order valence-corrected chi connectivity index (χ3v) is 4.65. The second-order valence-corrected chi connectivity index (χ2v) is 6.68. The Morgan fingerprint density at radius 3 is 2.52 bits per heavy atom. The van der Waals surface area contributed by atoms with Crippen molar-refractivity contribution in [2.45, 2.75) is 25.4 Å². The van der Waals surface area contributed by atoms with Crippen molar-refractivity contribution in [2.75, 3.05) is 24.5 Å². The first kappa shape index (κ1) is 17.4. The Morgan fingerprint density at radius 2 is 1.88 bits per heavy atom. The number of anilines is 1. The number of rotatable bonds is 5. The molecule has 1 fully saturated rings. The maximum Gasteiger partial charge on any atom is 0.251 e. The number of benzene rings is 2. The summed E-state index contributed by atoms with van der Waals surface area (Å²) < 4.78 is 14.3. The normalized spacial score (nSPS) is 16.5. The van der Waals surface area contributed by atoms with E-state index in [-0.39, 0.29) is 17.9 Å². The molecule has 1 amide bonds. The van der Waals surface area contributed by atoms with Crippen molar-refractivity contribution in [3.05, 3.63) is 65.5 Å². The number of hydrogen-bond donors (Lipinski definition) is 2. The van der Waals surface area contributed by atoms with Crippen LogP contribution < -0.4 is 10.2 Å². The molecule has 5 heteroatoms. The third-order valence-electron chi connectivity index (χ3n) is 4.65. The van der Waals surface area contributed by atoms with Crippen LogP contribution in [0, 0.1) is 5.82 Å². The van der Waals surface area contributed by atoms with E-state index in [4.69, 9.17) is 0 Å². The number of amides is 1. The van der Waals surface area contributed by atoms with Crippen molar-refractivity contribution in [3.63, 3.8) is 0 Å². The standard InChI is InChI=1S/C20H23FN2O2/c1-20(25,16-7-3-2-4-8-16)14-22-19(24)15-9-10-18(17(21)13-15)23-11-5-6-12-23/h2-4,7-10,13,25H,5-6,11-12,14H2,1H3,(H,22,24). The minimum Gasteiger partial charge on any atom is -0.384 e. The molecule has 1 aliphatic rings. The molecule has 4 nitrogen and oxygen atoms in total. The number of halogens is 1. The van der Waals surface area contributed by atoms with Crippen molar-refractivity contribution in [1.29, 1.82) is 0 Å². The van der Waals surface area contributed by atoms with E-state index in [2.05, 4.69) is 5.32 Å². The van der Waals surface area contributed by atoms with E-state index in [9.17, 15) is 14.3 Å². The predicted molar refractivity (Wildman–Crippen MR) is 96.2 cm³/mol. The summed E-state index contributed by atoms with van der Waals surface area (Å²) >= 11 is 0. The molecule has 0 radical (unpaired) electrons. The van der Waals surface area contributed by atoms with Crippen LogP contribution in [0.2, 0.25) is 0 Å². The van der Waals surface area contributed by atoms with Gasteiger partial charge in [-0.1, -0.05) is 30.3 Å². The molecule has 1 aliphatic heterocycles. The number of carbonyl (C=O) groups is 1. The highest BCUT2D eigenvalue weighted by molar-refractivity contribution is 5.94. The lowest BCUT2D eigenvalue weighted by Gasteiger charge is -2.24. The zero-order valence-electron chi connectivity index (χ0n) is 14.3. The summed E-state index contributed by atoms with van der Waals surface area (Å²) in [6.07, 6.45) is 2.13. The van der Waals surface area contributed by atoms with Gasteiger partial charge in [-0.25, -0.2) is 4.39 Å². The first-order valence-corrected chi connectivity index (χ1v) is 8.58. The summed E-state index contributed by atoms with van der Waals surface area (Å²) in [5.41, 5.74) is 0.325. The molecular weight excluding hydrogens is 319 g/mol. The molecule has 2 N–H and O–H groups in total. The van der Waals surface area contributed by atoms with Crippen LogP contribution in [0.25, 0.3) is 0 Å². The highest BCUT2D eigenvalue weighted by Gasteiger charge is 2.24. The van der Waals surface area contributed by atoms with Gasteiger partial charge >= 0.3 is 0 Å². The van der Waals surface area contributed by atoms with Crippen LogP contribution in [0.3, 0.4) is 0 Å². The SMILES string of the molecule is CC(O)(CNC(=O)c1ccc(N2CCCC2)c(F)c1)c1ccccc1. The number of nitrogens with one attached hydrogen (secondary N) is 1. The molecule has 0 saturated carbocycles. The first-order chi connectivity index (χ1) is 12.0. The van der Waals surface area contributed by atoms with Crippen molar-refractivity contribution in [2.24, 2.45) is 0 Å². The summed E-state index contributed by atoms with van der Waals surface area (Å²) in [7, 11) is 0. The molecule has 0 aliphatic carbocycles. The van der Waals surface area contributed by atoms with E-state index in [1.54, 1.807) is 31.2 Å². The molecule has 1 atom stereocenters. The maximum absolute atomic E-state index is 14.3. The fraction of sp³-hybridized carbons (Fsp3) is 0.350. The molecule has 2 aromatic rings. The summed E-state index contributed by atoms with van der Waals surface area (Å²) in [5, 5.41) is 13.2. The molecule has 132 valence electrons. The highest BCUT2D eigenvalue weighted by Crippen LogP contribution is 2.24. The molecule has 0 bridgehead atoms. The van der Waals surface area contributed by atoms with Gasteiger partial charge in [-0.2, -0.15) is 0 Å². The molecule has 2 aromatic carbocycles. The smallest absolute Gasteiger partial charge is 0.251 e. The fourth-order valence-corrected chi connectivity index (χ4v) is 3.12. The van der Waals surface area contributed by atoms with Gasteiger partial charge in [0.25, 0.3) is 5.91 Å². The van der Waals surface area contributed by atoms with E-state index in [0.29, 0.717) is 11.3 Å². The number of carbonyl (C=O) groups excluding carboxylic acids is 1. The minimum absolute atomic E-state index is 0.0470. The van der Waals surface area contributed by atoms with E-state index in [1.165, 1.54) is 6.07 Å². The fourth-order valence-electron chi connectivity index (χ4n) is 3.12. The third kappa shape index (κ3) is 3.99. The Labute approximate surface area is 147 Å². The average Bonchev–Trinajstić information content (AvgIpc) is 3.15. The van der Waals surface area contributed by atoms with Gasteiger partial charge in [-0.3, -0.25) is 4.79 Å². The molecule has 0 aromatic heterocycles. The predicted octanol–water partition coefficient (Wildman–Crippen LogP) is 3.06. The van der Waals surface area contributed by atoms with Crippen LogP contribution in [0.15, 0.2) is 48.5 Å². The zero-order valence-corrected chi connectivity index (χ0v) is 14.3. The van der Waals surface area contributed by atoms with Crippen molar-refractivity contribution < 1.29 is 14.3 Å². The number of nitrogens with zero attached hydrogens (tertiary/aromatic N) is 1. The molecular formula is C20H23FN2O2. The van der Waals surface area contributed by atoms with Crippen LogP contribution in [0.5, 0.6) is 0 Å². The number of hydrogen-bond acceptors (Lipinski definition) is 3. The topological polar surface area (TPSA) is 52.6 Å². The average molecular weight is 342 g/mol.